The van der Waals surface area contributed by atoms with Crippen LogP contribution in [0.2, 0.25) is 0 Å². The van der Waals surface area contributed by atoms with E-state index in [0.717, 1.165) is 17.7 Å². The number of fused-ring (bicyclic) bond motifs is 3. The zero-order chi connectivity index (χ0) is 19.2. The molecule has 0 radical (unpaired) electrons. The van der Waals surface area contributed by atoms with E-state index < -0.39 is 0 Å². The molecule has 2 heteroatoms. The number of hydrogen-bond acceptors (Lipinski definition) is 2. The first-order valence-electron chi connectivity index (χ1n) is 9.60. The van der Waals surface area contributed by atoms with Gasteiger partial charge in [-0.2, -0.15) is 0 Å². The highest BCUT2D eigenvalue weighted by Crippen LogP contribution is 2.35. The highest BCUT2D eigenvalue weighted by atomic mass is 16.5. The summed E-state index contributed by atoms with van der Waals surface area (Å²) < 4.78 is 5.37. The minimum Gasteiger partial charge on any atom is -0.491 e. The number of aliphatic hydroxyl groups excluding tert-OH is 1. The first-order chi connectivity index (χ1) is 13.1. The normalized spacial score (nSPS) is 11.4. The molecule has 27 heavy (non-hydrogen) atoms. The zero-order valence-corrected chi connectivity index (χ0v) is 16.4. The molecule has 0 saturated carbocycles. The monoisotopic (exact) mass is 360 g/mol. The number of hydrogen-bond donors (Lipinski definition) is 1. The van der Waals surface area contributed by atoms with Crippen LogP contribution in [-0.4, -0.2) is 18.3 Å². The smallest absolute Gasteiger partial charge is 0.122 e. The highest BCUT2D eigenvalue weighted by Gasteiger charge is 2.15. The van der Waals surface area contributed by atoms with Crippen LogP contribution in [0.3, 0.4) is 0 Å². The second-order valence-corrected chi connectivity index (χ2v) is 7.24. The van der Waals surface area contributed by atoms with Gasteiger partial charge in [0.05, 0.1) is 6.61 Å². The van der Waals surface area contributed by atoms with Gasteiger partial charge in [-0.25, -0.2) is 0 Å². The summed E-state index contributed by atoms with van der Waals surface area (Å²) in [5.74, 6) is 1.41. The second kappa shape index (κ2) is 8.88. The number of aryl methyl sites for hydroxylation is 1. The molecule has 0 amide bonds. The molecule has 0 unspecified atom stereocenters. The maximum absolute atomic E-state index is 8.64. The Morgan fingerprint density at radius 2 is 1.48 bits per heavy atom. The molecule has 1 aliphatic carbocycles. The maximum atomic E-state index is 8.64. The number of ether oxygens (including phenoxy) is 1. The van der Waals surface area contributed by atoms with E-state index in [9.17, 15) is 0 Å². The summed E-state index contributed by atoms with van der Waals surface area (Å²) in [5, 5.41) is 8.64. The van der Waals surface area contributed by atoms with E-state index in [1.54, 1.807) is 0 Å². The number of aliphatic hydroxyl groups is 1. The minimum atomic E-state index is 0.0609. The largest absolute Gasteiger partial charge is 0.491 e. The Kier molecular flexibility index (Phi) is 6.31. The molecule has 0 saturated heterocycles. The molecule has 1 aliphatic rings. The lowest BCUT2D eigenvalue weighted by Gasteiger charge is -2.11. The van der Waals surface area contributed by atoms with Crippen LogP contribution in [0.15, 0.2) is 66.7 Å². The van der Waals surface area contributed by atoms with Gasteiger partial charge in [0.1, 0.15) is 12.4 Å². The van der Waals surface area contributed by atoms with Gasteiger partial charge in [-0.3, -0.25) is 0 Å². The van der Waals surface area contributed by atoms with Gasteiger partial charge in [-0.1, -0.05) is 74.5 Å². The summed E-state index contributed by atoms with van der Waals surface area (Å²) in [5.41, 5.74) is 8.20. The van der Waals surface area contributed by atoms with Crippen molar-refractivity contribution in [2.24, 2.45) is 0 Å². The molecule has 1 N–H and O–H groups in total. The number of benzene rings is 3. The van der Waals surface area contributed by atoms with Gasteiger partial charge in [0.15, 0.2) is 0 Å². The second-order valence-electron chi connectivity index (χ2n) is 7.24. The van der Waals surface area contributed by atoms with Gasteiger partial charge >= 0.3 is 0 Å². The standard InChI is InChI=1S/C13H10.C12H18O2/c1-3-7-12-10(5-1)9-11-6-2-4-8-13(11)12;1-9(2)11-4-5-12(10(3)8-11)14-7-6-13/h1-8H,9H2;4-5,8-9,13H,6-7H2,1-3H3. The summed E-state index contributed by atoms with van der Waals surface area (Å²) in [6, 6.07) is 23.5. The van der Waals surface area contributed by atoms with Crippen LogP contribution in [-0.2, 0) is 6.42 Å². The third-order valence-corrected chi connectivity index (χ3v) is 4.92. The van der Waals surface area contributed by atoms with Crippen molar-refractivity contribution in [3.63, 3.8) is 0 Å². The Morgan fingerprint density at radius 3 is 2.00 bits per heavy atom. The van der Waals surface area contributed by atoms with E-state index in [0.29, 0.717) is 12.5 Å². The van der Waals surface area contributed by atoms with Gasteiger partial charge in [0.25, 0.3) is 0 Å². The summed E-state index contributed by atoms with van der Waals surface area (Å²) in [7, 11) is 0. The third kappa shape index (κ3) is 4.58. The Morgan fingerprint density at radius 1 is 0.889 bits per heavy atom. The molecule has 3 aromatic carbocycles. The van der Waals surface area contributed by atoms with Crippen LogP contribution in [0.5, 0.6) is 5.75 Å². The molecule has 0 atom stereocenters. The van der Waals surface area contributed by atoms with Crippen LogP contribution in [0.4, 0.5) is 0 Å². The lowest BCUT2D eigenvalue weighted by atomic mass is 10.0. The Hall–Kier alpha value is -2.58. The van der Waals surface area contributed by atoms with Crippen molar-refractivity contribution in [2.45, 2.75) is 33.1 Å². The fraction of sp³-hybridized carbons (Fsp3) is 0.280. The highest BCUT2D eigenvalue weighted by molar-refractivity contribution is 5.76. The van der Waals surface area contributed by atoms with E-state index in [4.69, 9.17) is 9.84 Å². The van der Waals surface area contributed by atoms with Crippen molar-refractivity contribution in [3.05, 3.63) is 89.0 Å². The van der Waals surface area contributed by atoms with Crippen molar-refractivity contribution < 1.29 is 9.84 Å². The molecule has 0 spiro atoms. The molecule has 0 heterocycles. The minimum absolute atomic E-state index is 0.0609. The van der Waals surface area contributed by atoms with Gasteiger partial charge in [0.2, 0.25) is 0 Å². The Balaban J connectivity index is 0.000000156. The molecule has 4 rings (SSSR count). The molecule has 140 valence electrons. The summed E-state index contributed by atoms with van der Waals surface area (Å²) >= 11 is 0. The van der Waals surface area contributed by atoms with E-state index in [1.807, 2.05) is 13.0 Å². The van der Waals surface area contributed by atoms with E-state index in [1.165, 1.54) is 27.8 Å². The van der Waals surface area contributed by atoms with Crippen LogP contribution in [0.25, 0.3) is 11.1 Å². The third-order valence-electron chi connectivity index (χ3n) is 4.92. The van der Waals surface area contributed by atoms with Crippen LogP contribution in [0.1, 0.15) is 42.0 Å². The molecule has 0 aliphatic heterocycles. The van der Waals surface area contributed by atoms with Crippen molar-refractivity contribution in [1.29, 1.82) is 0 Å². The molecule has 3 aromatic rings. The summed E-state index contributed by atoms with van der Waals surface area (Å²) in [6.07, 6.45) is 1.10. The van der Waals surface area contributed by atoms with E-state index in [-0.39, 0.29) is 6.61 Å². The average molecular weight is 360 g/mol. The lowest BCUT2D eigenvalue weighted by molar-refractivity contribution is 0.200. The summed E-state index contributed by atoms with van der Waals surface area (Å²) in [4.78, 5) is 0. The van der Waals surface area contributed by atoms with Gasteiger partial charge in [-0.05, 0) is 58.7 Å². The van der Waals surface area contributed by atoms with Crippen molar-refractivity contribution in [1.82, 2.24) is 0 Å². The van der Waals surface area contributed by atoms with E-state index >= 15 is 0 Å². The molecule has 0 aromatic heterocycles. The van der Waals surface area contributed by atoms with E-state index in [2.05, 4.69) is 74.5 Å². The van der Waals surface area contributed by atoms with Crippen LogP contribution < -0.4 is 4.74 Å². The molecule has 0 fully saturated rings. The zero-order valence-electron chi connectivity index (χ0n) is 16.4. The summed E-state index contributed by atoms with van der Waals surface area (Å²) in [6.45, 7) is 6.79. The van der Waals surface area contributed by atoms with Crippen molar-refractivity contribution in [2.75, 3.05) is 13.2 Å². The first-order valence-corrected chi connectivity index (χ1v) is 9.60. The maximum Gasteiger partial charge on any atom is 0.122 e. The van der Waals surface area contributed by atoms with Crippen molar-refractivity contribution in [3.8, 4) is 16.9 Å². The SMILES string of the molecule is Cc1cc(C(C)C)ccc1OCCO.c1ccc2c(c1)Cc1ccccc1-2. The van der Waals surface area contributed by atoms with Crippen molar-refractivity contribution >= 4 is 0 Å². The Bertz CT molecular complexity index is 853. The molecule has 0 bridgehead atoms. The predicted octanol–water partition coefficient (Wildman–Crippen LogP) is 5.75. The number of rotatable bonds is 4. The average Bonchev–Trinajstić information content (AvgIpc) is 3.06. The molecular formula is C25H28O2. The van der Waals surface area contributed by atoms with Gasteiger partial charge in [0, 0.05) is 0 Å². The quantitative estimate of drug-likeness (QED) is 0.502. The first kappa shape index (κ1) is 19.2. The van der Waals surface area contributed by atoms with Crippen LogP contribution in [0, 0.1) is 6.92 Å². The van der Waals surface area contributed by atoms with Gasteiger partial charge in [-0.15, -0.1) is 0 Å². The van der Waals surface area contributed by atoms with Crippen LogP contribution >= 0.6 is 0 Å². The molecular weight excluding hydrogens is 332 g/mol. The Labute approximate surface area is 162 Å². The fourth-order valence-electron chi connectivity index (χ4n) is 3.43. The molecule has 2 nitrogen and oxygen atoms in total. The lowest BCUT2D eigenvalue weighted by Crippen LogP contribution is -2.03. The predicted molar refractivity (Wildman–Crippen MR) is 113 cm³/mol. The van der Waals surface area contributed by atoms with Gasteiger partial charge < -0.3 is 9.84 Å². The topological polar surface area (TPSA) is 29.5 Å². The fourth-order valence-corrected chi connectivity index (χ4v) is 3.43.